The molecule has 1 aliphatic rings. The van der Waals surface area contributed by atoms with Crippen LogP contribution in [0.4, 0.5) is 9.80 Å². The highest BCUT2D eigenvalue weighted by molar-refractivity contribution is 7.16. The standard InChI is InChI=1S/C22H25N3O4S/c1-4-28-22(27)25-10-9-17-18(11-23)21(30-19(17)12-25)24-20(26)13-29-16-7-5-15(6-8-16)14(2)3/h5-8,14H,4,9-10,12-13H2,1-3H3,(H,24,26). The van der Waals surface area contributed by atoms with Crippen molar-refractivity contribution in [2.24, 2.45) is 0 Å². The van der Waals surface area contributed by atoms with Crippen molar-refractivity contribution in [3.8, 4) is 11.8 Å². The van der Waals surface area contributed by atoms with Gasteiger partial charge in [-0.15, -0.1) is 11.3 Å². The molecule has 0 saturated carbocycles. The zero-order chi connectivity index (χ0) is 21.7. The van der Waals surface area contributed by atoms with Crippen LogP contribution in [0.15, 0.2) is 24.3 Å². The summed E-state index contributed by atoms with van der Waals surface area (Å²) in [6.45, 7) is 7.02. The second-order valence-corrected chi connectivity index (χ2v) is 8.36. The molecule has 0 spiro atoms. The lowest BCUT2D eigenvalue weighted by molar-refractivity contribution is -0.118. The van der Waals surface area contributed by atoms with Gasteiger partial charge in [0.05, 0.1) is 18.7 Å². The van der Waals surface area contributed by atoms with Crippen LogP contribution < -0.4 is 10.1 Å². The van der Waals surface area contributed by atoms with Crippen LogP contribution >= 0.6 is 11.3 Å². The van der Waals surface area contributed by atoms with Crippen molar-refractivity contribution in [2.45, 2.75) is 39.7 Å². The van der Waals surface area contributed by atoms with Gasteiger partial charge in [0.2, 0.25) is 0 Å². The monoisotopic (exact) mass is 427 g/mol. The van der Waals surface area contributed by atoms with E-state index in [9.17, 15) is 14.9 Å². The van der Waals surface area contributed by atoms with Crippen LogP contribution in [0.3, 0.4) is 0 Å². The normalized spacial score (nSPS) is 12.8. The summed E-state index contributed by atoms with van der Waals surface area (Å²) in [6, 6.07) is 9.84. The maximum atomic E-state index is 12.4. The Balaban J connectivity index is 1.63. The van der Waals surface area contributed by atoms with Gasteiger partial charge in [0, 0.05) is 11.4 Å². The molecule has 0 atom stereocenters. The highest BCUT2D eigenvalue weighted by Crippen LogP contribution is 2.36. The second kappa shape index (κ2) is 9.63. The number of hydrogen-bond donors (Lipinski definition) is 1. The SMILES string of the molecule is CCOC(=O)N1CCc2c(sc(NC(=O)COc3ccc(C(C)C)cc3)c2C#N)C1. The third-order valence-electron chi connectivity index (χ3n) is 4.86. The number of hydrogen-bond acceptors (Lipinski definition) is 6. The molecule has 7 nitrogen and oxygen atoms in total. The zero-order valence-corrected chi connectivity index (χ0v) is 18.2. The van der Waals surface area contributed by atoms with Crippen molar-refractivity contribution in [3.05, 3.63) is 45.8 Å². The number of carbonyl (C=O) groups is 2. The minimum absolute atomic E-state index is 0.149. The van der Waals surface area contributed by atoms with Gasteiger partial charge in [-0.3, -0.25) is 4.79 Å². The van der Waals surface area contributed by atoms with E-state index in [4.69, 9.17) is 9.47 Å². The van der Waals surface area contributed by atoms with Crippen molar-refractivity contribution >= 4 is 28.3 Å². The Labute approximate surface area is 180 Å². The van der Waals surface area contributed by atoms with Crippen molar-refractivity contribution in [1.82, 2.24) is 4.90 Å². The van der Waals surface area contributed by atoms with E-state index in [0.29, 0.717) is 48.3 Å². The first kappa shape index (κ1) is 21.7. The first-order valence-electron chi connectivity index (χ1n) is 9.91. The Morgan fingerprint density at radius 2 is 2.03 bits per heavy atom. The summed E-state index contributed by atoms with van der Waals surface area (Å²) in [5, 5.41) is 12.9. The van der Waals surface area contributed by atoms with Crippen molar-refractivity contribution in [1.29, 1.82) is 5.26 Å². The van der Waals surface area contributed by atoms with E-state index < -0.39 is 0 Å². The van der Waals surface area contributed by atoms with Gasteiger partial charge in [0.15, 0.2) is 6.61 Å². The van der Waals surface area contributed by atoms with Crippen LogP contribution in [0.25, 0.3) is 0 Å². The number of rotatable bonds is 6. The lowest BCUT2D eigenvalue weighted by Gasteiger charge is -2.25. The smallest absolute Gasteiger partial charge is 0.410 e. The Hall–Kier alpha value is -3.05. The maximum Gasteiger partial charge on any atom is 0.410 e. The molecule has 0 fully saturated rings. The first-order valence-corrected chi connectivity index (χ1v) is 10.7. The van der Waals surface area contributed by atoms with E-state index >= 15 is 0 Å². The number of nitriles is 1. The molecule has 2 aromatic rings. The van der Waals surface area contributed by atoms with Crippen LogP contribution in [0.2, 0.25) is 0 Å². The molecule has 30 heavy (non-hydrogen) atoms. The Kier molecular flexibility index (Phi) is 6.95. The zero-order valence-electron chi connectivity index (χ0n) is 17.4. The van der Waals surface area contributed by atoms with Crippen LogP contribution in [0, 0.1) is 11.3 Å². The summed E-state index contributed by atoms with van der Waals surface area (Å²) in [4.78, 5) is 26.9. The number of nitrogens with zero attached hydrogens (tertiary/aromatic N) is 2. The average molecular weight is 428 g/mol. The minimum Gasteiger partial charge on any atom is -0.484 e. The van der Waals surface area contributed by atoms with Crippen molar-refractivity contribution < 1.29 is 19.1 Å². The topological polar surface area (TPSA) is 91.7 Å². The molecule has 0 radical (unpaired) electrons. The maximum absolute atomic E-state index is 12.4. The third-order valence-corrected chi connectivity index (χ3v) is 6.00. The molecule has 8 heteroatoms. The van der Waals surface area contributed by atoms with Crippen molar-refractivity contribution in [3.63, 3.8) is 0 Å². The molecule has 1 aliphatic heterocycles. The summed E-state index contributed by atoms with van der Waals surface area (Å²) in [6.07, 6.45) is 0.194. The van der Waals surface area contributed by atoms with E-state index in [1.807, 2.05) is 24.3 Å². The van der Waals surface area contributed by atoms with Crippen molar-refractivity contribution in [2.75, 3.05) is 25.1 Å². The van der Waals surface area contributed by atoms with Gasteiger partial charge in [-0.2, -0.15) is 5.26 Å². The van der Waals surface area contributed by atoms with Gasteiger partial charge in [-0.25, -0.2) is 4.79 Å². The fraction of sp³-hybridized carbons (Fsp3) is 0.409. The van der Waals surface area contributed by atoms with Gasteiger partial charge in [0.25, 0.3) is 5.91 Å². The lowest BCUT2D eigenvalue weighted by Crippen LogP contribution is -2.35. The first-order chi connectivity index (χ1) is 14.4. The number of thiophene rings is 1. The predicted octanol–water partition coefficient (Wildman–Crippen LogP) is 4.28. The van der Waals surface area contributed by atoms with Crippen LogP contribution in [-0.2, 0) is 22.5 Å². The molecule has 2 amide bonds. The van der Waals surface area contributed by atoms with E-state index in [2.05, 4.69) is 25.2 Å². The quantitative estimate of drug-likeness (QED) is 0.743. The molecular weight excluding hydrogens is 402 g/mol. The summed E-state index contributed by atoms with van der Waals surface area (Å²) in [5.41, 5.74) is 2.56. The molecule has 0 bridgehead atoms. The Bertz CT molecular complexity index is 960. The van der Waals surface area contributed by atoms with Crippen LogP contribution in [-0.4, -0.2) is 36.7 Å². The largest absolute Gasteiger partial charge is 0.484 e. The number of carbonyl (C=O) groups excluding carboxylic acids is 2. The number of ether oxygens (including phenoxy) is 2. The van der Waals surface area contributed by atoms with Gasteiger partial charge in [-0.05, 0) is 42.5 Å². The lowest BCUT2D eigenvalue weighted by atomic mass is 10.0. The van der Waals surface area contributed by atoms with E-state index in [1.165, 1.54) is 16.9 Å². The number of amides is 2. The van der Waals surface area contributed by atoms with Crippen LogP contribution in [0.5, 0.6) is 5.75 Å². The molecule has 158 valence electrons. The fourth-order valence-corrected chi connectivity index (χ4v) is 4.47. The number of fused-ring (bicyclic) bond motifs is 1. The number of anilines is 1. The Morgan fingerprint density at radius 1 is 1.30 bits per heavy atom. The van der Waals surface area contributed by atoms with Gasteiger partial charge < -0.3 is 19.7 Å². The van der Waals surface area contributed by atoms with E-state index in [0.717, 1.165) is 10.4 Å². The summed E-state index contributed by atoms with van der Waals surface area (Å²) >= 11 is 1.32. The predicted molar refractivity (Wildman–Crippen MR) is 115 cm³/mol. The number of nitrogens with one attached hydrogen (secondary N) is 1. The molecule has 0 aliphatic carbocycles. The van der Waals surface area contributed by atoms with E-state index in [1.54, 1.807) is 11.8 Å². The summed E-state index contributed by atoms with van der Waals surface area (Å²) in [7, 11) is 0. The molecule has 3 rings (SSSR count). The van der Waals surface area contributed by atoms with Crippen LogP contribution in [0.1, 0.15) is 48.3 Å². The second-order valence-electron chi connectivity index (χ2n) is 7.25. The fourth-order valence-electron chi connectivity index (χ4n) is 3.24. The minimum atomic E-state index is -0.363. The van der Waals surface area contributed by atoms with E-state index in [-0.39, 0.29) is 18.6 Å². The number of benzene rings is 1. The molecule has 1 aromatic heterocycles. The summed E-state index contributed by atoms with van der Waals surface area (Å²) < 4.78 is 10.6. The molecule has 0 saturated heterocycles. The highest BCUT2D eigenvalue weighted by Gasteiger charge is 2.28. The molecule has 2 heterocycles. The van der Waals surface area contributed by atoms with Gasteiger partial charge in [0.1, 0.15) is 16.8 Å². The Morgan fingerprint density at radius 3 is 2.67 bits per heavy atom. The average Bonchev–Trinajstić information content (AvgIpc) is 3.08. The molecule has 1 aromatic carbocycles. The molecule has 1 N–H and O–H groups in total. The molecule has 0 unspecified atom stereocenters. The third kappa shape index (κ3) is 4.92. The van der Waals surface area contributed by atoms with Gasteiger partial charge in [-0.1, -0.05) is 26.0 Å². The highest BCUT2D eigenvalue weighted by atomic mass is 32.1. The summed E-state index contributed by atoms with van der Waals surface area (Å²) in [5.74, 6) is 0.710. The molecular formula is C22H25N3O4S. The van der Waals surface area contributed by atoms with Gasteiger partial charge >= 0.3 is 6.09 Å².